The van der Waals surface area contributed by atoms with Crippen LogP contribution >= 0.6 is 0 Å². The van der Waals surface area contributed by atoms with Crippen LogP contribution in [-0.2, 0) is 19.6 Å². The van der Waals surface area contributed by atoms with Gasteiger partial charge in [-0.3, -0.25) is 4.79 Å². The van der Waals surface area contributed by atoms with Crippen molar-refractivity contribution in [1.29, 1.82) is 0 Å². The molecule has 0 aromatic carbocycles. The van der Waals surface area contributed by atoms with Gasteiger partial charge in [0, 0.05) is 13.1 Å². The first-order chi connectivity index (χ1) is 9.03. The summed E-state index contributed by atoms with van der Waals surface area (Å²) in [6.07, 6.45) is 4.57. The normalized spacial score (nSPS) is 25.2. The highest BCUT2D eigenvalue weighted by atomic mass is 32.2. The Morgan fingerprint density at radius 2 is 2.05 bits per heavy atom. The lowest BCUT2D eigenvalue weighted by Gasteiger charge is -2.30. The summed E-state index contributed by atoms with van der Waals surface area (Å²) in [6.45, 7) is 2.96. The molecule has 0 aromatic rings. The standard InChI is InChI=1S/C13H23NO4S/c1-2-18-13(15)12-4-3-8-14(10-12)19(16,17)9-7-11-5-6-11/h11-12H,2-10H2,1H3. The van der Waals surface area contributed by atoms with E-state index in [0.717, 1.165) is 19.3 Å². The Bertz CT molecular complexity index is 416. The maximum Gasteiger partial charge on any atom is 0.310 e. The summed E-state index contributed by atoms with van der Waals surface area (Å²) < 4.78 is 30.9. The van der Waals surface area contributed by atoms with Gasteiger partial charge in [0.2, 0.25) is 10.0 Å². The molecule has 1 unspecified atom stereocenters. The van der Waals surface area contributed by atoms with E-state index in [9.17, 15) is 13.2 Å². The second kappa shape index (κ2) is 6.22. The van der Waals surface area contributed by atoms with Crippen LogP contribution in [0.1, 0.15) is 39.0 Å². The minimum absolute atomic E-state index is 0.229. The first kappa shape index (κ1) is 14.8. The van der Waals surface area contributed by atoms with Gasteiger partial charge in [-0.1, -0.05) is 12.8 Å². The fraction of sp³-hybridized carbons (Fsp3) is 0.923. The molecule has 1 heterocycles. The largest absolute Gasteiger partial charge is 0.466 e. The molecular formula is C13H23NO4S. The van der Waals surface area contributed by atoms with Crippen molar-refractivity contribution in [1.82, 2.24) is 4.31 Å². The zero-order valence-electron chi connectivity index (χ0n) is 11.5. The summed E-state index contributed by atoms with van der Waals surface area (Å²) in [5, 5.41) is 0. The third kappa shape index (κ3) is 4.18. The lowest BCUT2D eigenvalue weighted by atomic mass is 10.0. The molecule has 1 atom stereocenters. The fourth-order valence-corrected chi connectivity index (χ4v) is 4.20. The molecule has 0 amide bonds. The van der Waals surface area contributed by atoms with E-state index in [1.165, 1.54) is 17.1 Å². The van der Waals surface area contributed by atoms with Crippen molar-refractivity contribution >= 4 is 16.0 Å². The number of sulfonamides is 1. The average Bonchev–Trinajstić information content (AvgIpc) is 3.21. The van der Waals surface area contributed by atoms with E-state index < -0.39 is 10.0 Å². The number of hydrogen-bond acceptors (Lipinski definition) is 4. The zero-order valence-corrected chi connectivity index (χ0v) is 12.3. The van der Waals surface area contributed by atoms with Gasteiger partial charge in [0.1, 0.15) is 0 Å². The summed E-state index contributed by atoms with van der Waals surface area (Å²) in [6, 6.07) is 0. The van der Waals surface area contributed by atoms with E-state index >= 15 is 0 Å². The fourth-order valence-electron chi connectivity index (χ4n) is 2.50. The van der Waals surface area contributed by atoms with Crippen LogP contribution in [0.2, 0.25) is 0 Å². The number of carbonyl (C=O) groups is 1. The lowest BCUT2D eigenvalue weighted by Crippen LogP contribution is -2.43. The maximum atomic E-state index is 12.2. The smallest absolute Gasteiger partial charge is 0.310 e. The molecule has 0 aromatic heterocycles. The van der Waals surface area contributed by atoms with Crippen LogP contribution in [-0.4, -0.2) is 44.1 Å². The van der Waals surface area contributed by atoms with Crippen molar-refractivity contribution in [2.45, 2.75) is 39.0 Å². The highest BCUT2D eigenvalue weighted by Gasteiger charge is 2.34. The van der Waals surface area contributed by atoms with E-state index in [0.29, 0.717) is 25.6 Å². The first-order valence-electron chi connectivity index (χ1n) is 7.17. The number of rotatable bonds is 6. The van der Waals surface area contributed by atoms with Crippen LogP contribution in [0.3, 0.4) is 0 Å². The highest BCUT2D eigenvalue weighted by Crippen LogP contribution is 2.33. The van der Waals surface area contributed by atoms with Gasteiger partial charge in [-0.15, -0.1) is 0 Å². The lowest BCUT2D eigenvalue weighted by molar-refractivity contribution is -0.149. The van der Waals surface area contributed by atoms with Crippen molar-refractivity contribution in [2.75, 3.05) is 25.4 Å². The molecule has 0 spiro atoms. The summed E-state index contributed by atoms with van der Waals surface area (Å²) in [7, 11) is -3.19. The third-order valence-electron chi connectivity index (χ3n) is 3.88. The molecule has 0 N–H and O–H groups in total. The predicted molar refractivity (Wildman–Crippen MR) is 72.1 cm³/mol. The van der Waals surface area contributed by atoms with Gasteiger partial charge < -0.3 is 4.74 Å². The Morgan fingerprint density at radius 3 is 2.68 bits per heavy atom. The Kier molecular flexibility index (Phi) is 4.84. The van der Waals surface area contributed by atoms with E-state index in [2.05, 4.69) is 0 Å². The molecular weight excluding hydrogens is 266 g/mol. The van der Waals surface area contributed by atoms with Gasteiger partial charge in [-0.05, 0) is 32.1 Å². The molecule has 6 heteroatoms. The van der Waals surface area contributed by atoms with Crippen molar-refractivity contribution in [2.24, 2.45) is 11.8 Å². The van der Waals surface area contributed by atoms with E-state index in [-0.39, 0.29) is 17.6 Å². The molecule has 5 nitrogen and oxygen atoms in total. The second-order valence-electron chi connectivity index (χ2n) is 5.50. The second-order valence-corrected chi connectivity index (χ2v) is 7.59. The maximum absolute atomic E-state index is 12.2. The molecule has 2 rings (SSSR count). The number of carbonyl (C=O) groups excluding carboxylic acids is 1. The topological polar surface area (TPSA) is 63.7 Å². The molecule has 1 saturated carbocycles. The van der Waals surface area contributed by atoms with Crippen LogP contribution in [0, 0.1) is 11.8 Å². The number of piperidine rings is 1. The van der Waals surface area contributed by atoms with Gasteiger partial charge in [0.15, 0.2) is 0 Å². The van der Waals surface area contributed by atoms with Crippen LogP contribution in [0.25, 0.3) is 0 Å². The zero-order chi connectivity index (χ0) is 13.9. The van der Waals surface area contributed by atoms with Gasteiger partial charge in [0.25, 0.3) is 0 Å². The Labute approximate surface area is 115 Å². The van der Waals surface area contributed by atoms with Crippen LogP contribution in [0.5, 0.6) is 0 Å². The molecule has 2 aliphatic rings. The number of esters is 1. The average molecular weight is 289 g/mol. The number of hydrogen-bond donors (Lipinski definition) is 0. The van der Waals surface area contributed by atoms with Crippen molar-refractivity contribution in [3.8, 4) is 0 Å². The van der Waals surface area contributed by atoms with Gasteiger partial charge >= 0.3 is 5.97 Å². The first-order valence-corrected chi connectivity index (χ1v) is 8.78. The molecule has 1 aliphatic heterocycles. The summed E-state index contributed by atoms with van der Waals surface area (Å²) in [4.78, 5) is 11.7. The van der Waals surface area contributed by atoms with Crippen molar-refractivity contribution < 1.29 is 17.9 Å². The number of nitrogens with zero attached hydrogens (tertiary/aromatic N) is 1. The van der Waals surface area contributed by atoms with E-state index in [1.54, 1.807) is 6.92 Å². The summed E-state index contributed by atoms with van der Waals surface area (Å²) in [5.41, 5.74) is 0. The number of ether oxygens (including phenoxy) is 1. The molecule has 19 heavy (non-hydrogen) atoms. The predicted octanol–water partition coefficient (Wildman–Crippen LogP) is 1.39. The van der Waals surface area contributed by atoms with E-state index in [1.807, 2.05) is 0 Å². The van der Waals surface area contributed by atoms with Crippen LogP contribution in [0.15, 0.2) is 0 Å². The molecule has 0 radical (unpaired) electrons. The van der Waals surface area contributed by atoms with Crippen LogP contribution < -0.4 is 0 Å². The van der Waals surface area contributed by atoms with Crippen molar-refractivity contribution in [3.05, 3.63) is 0 Å². The quantitative estimate of drug-likeness (QED) is 0.693. The Balaban J connectivity index is 1.89. The molecule has 0 bridgehead atoms. The van der Waals surface area contributed by atoms with Gasteiger partial charge in [-0.2, -0.15) is 0 Å². The Morgan fingerprint density at radius 1 is 1.32 bits per heavy atom. The molecule has 2 fully saturated rings. The Hall–Kier alpha value is -0.620. The SMILES string of the molecule is CCOC(=O)C1CCCN(S(=O)(=O)CCC2CC2)C1. The minimum Gasteiger partial charge on any atom is -0.466 e. The molecule has 110 valence electrons. The van der Waals surface area contributed by atoms with E-state index in [4.69, 9.17) is 4.74 Å². The van der Waals surface area contributed by atoms with Gasteiger partial charge in [-0.25, -0.2) is 12.7 Å². The molecule has 1 aliphatic carbocycles. The minimum atomic E-state index is -3.19. The summed E-state index contributed by atoms with van der Waals surface area (Å²) in [5.74, 6) is 0.294. The summed E-state index contributed by atoms with van der Waals surface area (Å²) >= 11 is 0. The van der Waals surface area contributed by atoms with Gasteiger partial charge in [0.05, 0.1) is 18.3 Å². The highest BCUT2D eigenvalue weighted by molar-refractivity contribution is 7.89. The third-order valence-corrected chi connectivity index (χ3v) is 5.75. The monoisotopic (exact) mass is 289 g/mol. The van der Waals surface area contributed by atoms with Crippen molar-refractivity contribution in [3.63, 3.8) is 0 Å². The van der Waals surface area contributed by atoms with Crippen LogP contribution in [0.4, 0.5) is 0 Å². The molecule has 1 saturated heterocycles.